The summed E-state index contributed by atoms with van der Waals surface area (Å²) in [4.78, 5) is 29.2. The Morgan fingerprint density at radius 3 is 2.50 bits per heavy atom. The molecule has 0 bridgehead atoms. The minimum absolute atomic E-state index is 0.0344. The lowest BCUT2D eigenvalue weighted by atomic mass is 9.95. The molecule has 0 spiro atoms. The summed E-state index contributed by atoms with van der Waals surface area (Å²) in [7, 11) is 0. The Balaban J connectivity index is 1.62. The topological polar surface area (TPSA) is 76.5 Å². The van der Waals surface area contributed by atoms with E-state index >= 15 is 0 Å². The average molecular weight is 486 g/mol. The van der Waals surface area contributed by atoms with Gasteiger partial charge in [0.1, 0.15) is 10.8 Å². The summed E-state index contributed by atoms with van der Waals surface area (Å²) in [5.41, 5.74) is 5.34. The number of carbonyl (C=O) groups excluding carboxylic acids is 2. The van der Waals surface area contributed by atoms with E-state index in [0.29, 0.717) is 16.9 Å². The van der Waals surface area contributed by atoms with Gasteiger partial charge in [-0.3, -0.25) is 9.59 Å². The van der Waals surface area contributed by atoms with Gasteiger partial charge in [0.05, 0.1) is 10.3 Å². The van der Waals surface area contributed by atoms with Crippen molar-refractivity contribution >= 4 is 45.0 Å². The molecule has 0 aliphatic carbocycles. The second kappa shape index (κ2) is 8.85. The Kier molecular flexibility index (Phi) is 5.73. The minimum Gasteiger partial charge on any atom is -0.508 e. The molecule has 0 fully saturated rings. The Bertz CT molecular complexity index is 1550. The highest BCUT2D eigenvalue weighted by molar-refractivity contribution is 7.21. The number of rotatable bonds is 6. The number of ketones is 1. The number of fused-ring (bicyclic) bond motifs is 1. The number of aryl methyl sites for hydroxylation is 2. The van der Waals surface area contributed by atoms with E-state index in [2.05, 4.69) is 4.98 Å². The molecule has 2 aromatic heterocycles. The first kappa shape index (κ1) is 22.0. The number of nitrogens with zero attached hydrogens (tertiary/aromatic N) is 1. The maximum atomic E-state index is 13.7. The van der Waals surface area contributed by atoms with Crippen LogP contribution in [-0.4, -0.2) is 22.3 Å². The Labute approximate surface area is 203 Å². The number of hydrogen-bond acceptors (Lipinski definition) is 7. The van der Waals surface area contributed by atoms with Gasteiger partial charge in [0, 0.05) is 26.8 Å². The molecule has 5 nitrogen and oxygen atoms in total. The van der Waals surface area contributed by atoms with Crippen LogP contribution >= 0.6 is 22.7 Å². The fourth-order valence-corrected chi connectivity index (χ4v) is 5.94. The maximum Gasteiger partial charge on any atom is 0.299 e. The van der Waals surface area contributed by atoms with Gasteiger partial charge in [-0.25, -0.2) is 4.98 Å². The third kappa shape index (κ3) is 4.00. The van der Waals surface area contributed by atoms with Crippen LogP contribution < -0.4 is 4.74 Å². The number of aromatic hydroxyl groups is 1. The first-order valence-electron chi connectivity index (χ1n) is 10.5. The smallest absolute Gasteiger partial charge is 0.299 e. The largest absolute Gasteiger partial charge is 0.508 e. The van der Waals surface area contributed by atoms with Crippen LogP contribution in [0.3, 0.4) is 0 Å². The van der Waals surface area contributed by atoms with Gasteiger partial charge in [0.25, 0.3) is 6.47 Å². The molecule has 0 atom stereocenters. The highest BCUT2D eigenvalue weighted by Crippen LogP contribution is 2.42. The third-order valence-corrected chi connectivity index (χ3v) is 7.60. The first-order chi connectivity index (χ1) is 16.4. The molecule has 0 unspecified atom stereocenters. The van der Waals surface area contributed by atoms with Crippen molar-refractivity contribution in [1.82, 2.24) is 4.98 Å². The fraction of sp³-hybridized carbons (Fsp3) is 0.0741. The van der Waals surface area contributed by atoms with Crippen molar-refractivity contribution in [3.05, 3.63) is 87.6 Å². The standard InChI is InChI=1S/C27H19NO4S2/c1-15-3-9-20(16(2)11-15)25(31)26-24(21-10-8-19(30)12-22(21)34-26)17-4-6-18(7-5-17)27-28-23(13-33-27)32-14-29/h3-14,30H,1-2H3. The molecule has 0 saturated carbocycles. The molecule has 3 aromatic carbocycles. The predicted octanol–water partition coefficient (Wildman–Crippen LogP) is 6.78. The normalized spacial score (nSPS) is 11.0. The Morgan fingerprint density at radius 1 is 1.00 bits per heavy atom. The SMILES string of the molecule is Cc1ccc(C(=O)c2sc3cc(O)ccc3c2-c2ccc(-c3nc(OC=O)cs3)cc2)c(C)c1. The van der Waals surface area contributed by atoms with Gasteiger partial charge in [-0.15, -0.1) is 22.7 Å². The lowest BCUT2D eigenvalue weighted by Gasteiger charge is -2.09. The minimum atomic E-state index is -0.0344. The summed E-state index contributed by atoms with van der Waals surface area (Å²) < 4.78 is 5.66. The zero-order valence-electron chi connectivity index (χ0n) is 18.4. The lowest BCUT2D eigenvalue weighted by Crippen LogP contribution is -2.03. The average Bonchev–Trinajstić information content (AvgIpc) is 3.43. The zero-order chi connectivity index (χ0) is 23.8. The molecule has 0 radical (unpaired) electrons. The number of thiophene rings is 1. The highest BCUT2D eigenvalue weighted by Gasteiger charge is 2.22. The monoisotopic (exact) mass is 485 g/mol. The molecule has 5 aromatic rings. The van der Waals surface area contributed by atoms with Crippen LogP contribution in [0.5, 0.6) is 11.6 Å². The number of hydrogen-bond donors (Lipinski definition) is 1. The van der Waals surface area contributed by atoms with E-state index in [1.165, 1.54) is 22.7 Å². The second-order valence-electron chi connectivity index (χ2n) is 7.92. The maximum absolute atomic E-state index is 13.7. The Hall–Kier alpha value is -3.81. The van der Waals surface area contributed by atoms with E-state index in [1.807, 2.05) is 62.4 Å². The number of aromatic nitrogens is 1. The van der Waals surface area contributed by atoms with Crippen LogP contribution in [0.1, 0.15) is 26.4 Å². The van der Waals surface area contributed by atoms with Crippen LogP contribution in [0.25, 0.3) is 31.8 Å². The predicted molar refractivity (Wildman–Crippen MR) is 136 cm³/mol. The van der Waals surface area contributed by atoms with Crippen LogP contribution in [0.4, 0.5) is 0 Å². The number of benzene rings is 3. The van der Waals surface area contributed by atoms with Crippen LogP contribution in [0.15, 0.2) is 66.0 Å². The molecule has 0 aliphatic heterocycles. The second-order valence-corrected chi connectivity index (χ2v) is 9.83. The van der Waals surface area contributed by atoms with E-state index in [4.69, 9.17) is 4.74 Å². The number of ether oxygens (including phenoxy) is 1. The van der Waals surface area contributed by atoms with E-state index in [-0.39, 0.29) is 17.4 Å². The highest BCUT2D eigenvalue weighted by atomic mass is 32.1. The molecular weight excluding hydrogens is 466 g/mol. The van der Waals surface area contributed by atoms with Crippen molar-refractivity contribution < 1.29 is 19.4 Å². The van der Waals surface area contributed by atoms with E-state index in [9.17, 15) is 14.7 Å². The van der Waals surface area contributed by atoms with Gasteiger partial charge in [0.15, 0.2) is 0 Å². The van der Waals surface area contributed by atoms with Gasteiger partial charge >= 0.3 is 0 Å². The number of thiazole rings is 1. The number of phenols is 1. The molecule has 34 heavy (non-hydrogen) atoms. The summed E-state index contributed by atoms with van der Waals surface area (Å²) in [6.45, 7) is 4.31. The van der Waals surface area contributed by atoms with Gasteiger partial charge in [-0.05, 0) is 43.2 Å². The summed E-state index contributed by atoms with van der Waals surface area (Å²) in [6, 6.07) is 18.8. The lowest BCUT2D eigenvalue weighted by molar-refractivity contribution is -0.120. The zero-order valence-corrected chi connectivity index (χ0v) is 20.0. The van der Waals surface area contributed by atoms with Gasteiger partial charge in [0.2, 0.25) is 11.7 Å². The van der Waals surface area contributed by atoms with Crippen LogP contribution in [0.2, 0.25) is 0 Å². The van der Waals surface area contributed by atoms with Gasteiger partial charge in [-0.2, -0.15) is 0 Å². The van der Waals surface area contributed by atoms with Crippen molar-refractivity contribution in [3.63, 3.8) is 0 Å². The molecule has 0 aliphatic rings. The van der Waals surface area contributed by atoms with Crippen LogP contribution in [0, 0.1) is 13.8 Å². The van der Waals surface area contributed by atoms with Crippen molar-refractivity contribution in [2.45, 2.75) is 13.8 Å². The van der Waals surface area contributed by atoms with Crippen molar-refractivity contribution in [1.29, 1.82) is 0 Å². The van der Waals surface area contributed by atoms with Crippen LogP contribution in [-0.2, 0) is 4.79 Å². The first-order valence-corrected chi connectivity index (χ1v) is 12.2. The van der Waals surface area contributed by atoms with Crippen molar-refractivity contribution in [2.75, 3.05) is 0 Å². The molecule has 1 N–H and O–H groups in total. The van der Waals surface area contributed by atoms with Crippen molar-refractivity contribution in [3.8, 4) is 33.3 Å². The summed E-state index contributed by atoms with van der Waals surface area (Å²) in [6.07, 6.45) is 0. The molecule has 0 saturated heterocycles. The number of carbonyl (C=O) groups is 2. The molecule has 5 rings (SSSR count). The summed E-state index contributed by atoms with van der Waals surface area (Å²) in [5, 5.41) is 13.3. The third-order valence-electron chi connectivity index (χ3n) is 5.58. The fourth-order valence-electron chi connectivity index (χ4n) is 4.00. The summed E-state index contributed by atoms with van der Waals surface area (Å²) >= 11 is 2.77. The molecule has 7 heteroatoms. The molecule has 168 valence electrons. The van der Waals surface area contributed by atoms with E-state index < -0.39 is 0 Å². The molecule has 0 amide bonds. The quantitative estimate of drug-likeness (QED) is 0.212. The van der Waals surface area contributed by atoms with Gasteiger partial charge in [-0.1, -0.05) is 48.0 Å². The number of phenolic OH excluding ortho intramolecular Hbond substituents is 1. The molecule has 2 heterocycles. The van der Waals surface area contributed by atoms with Crippen molar-refractivity contribution in [2.24, 2.45) is 0 Å². The Morgan fingerprint density at radius 2 is 1.76 bits per heavy atom. The van der Waals surface area contributed by atoms with E-state index in [0.717, 1.165) is 42.9 Å². The molecular formula is C27H19NO4S2. The summed E-state index contributed by atoms with van der Waals surface area (Å²) in [5.74, 6) is 0.398. The van der Waals surface area contributed by atoms with Gasteiger partial charge < -0.3 is 9.84 Å². The van der Waals surface area contributed by atoms with E-state index in [1.54, 1.807) is 17.5 Å².